The van der Waals surface area contributed by atoms with Gasteiger partial charge in [-0.1, -0.05) is 0 Å². The molecule has 0 heterocycles. The predicted molar refractivity (Wildman–Crippen MR) is 39.6 cm³/mol. The first-order valence-corrected chi connectivity index (χ1v) is 4.77. The fourth-order valence-corrected chi connectivity index (χ4v) is 0.753. The molecule has 0 saturated carbocycles. The van der Waals surface area contributed by atoms with Gasteiger partial charge >= 0.3 is 7.91 Å². The van der Waals surface area contributed by atoms with Crippen LogP contribution in [-0.4, -0.2) is 38.4 Å². The lowest BCUT2D eigenvalue weighted by molar-refractivity contribution is 0.0503. The highest BCUT2D eigenvalue weighted by Crippen LogP contribution is 2.42. The zero-order valence-corrected chi connectivity index (χ0v) is 7.63. The van der Waals surface area contributed by atoms with Gasteiger partial charge in [-0.25, -0.2) is 4.57 Å². The van der Waals surface area contributed by atoms with E-state index in [-0.39, 0.29) is 13.2 Å². The largest absolute Gasteiger partial charge is 0.510 e. The number of halogens is 1. The standard InChI is InChI=1S/C5H12FO5P/c1-9-2-3-10-4-5-11-12(6,7)8/h2-5H2,1H3,(H,7,8). The van der Waals surface area contributed by atoms with E-state index >= 15 is 0 Å². The van der Waals surface area contributed by atoms with Crippen LogP contribution in [-0.2, 0) is 18.6 Å². The van der Waals surface area contributed by atoms with Gasteiger partial charge in [0.1, 0.15) is 0 Å². The molecule has 0 radical (unpaired) electrons. The Balaban J connectivity index is 3.06. The lowest BCUT2D eigenvalue weighted by Gasteiger charge is -2.04. The van der Waals surface area contributed by atoms with Crippen LogP contribution in [0.3, 0.4) is 0 Å². The van der Waals surface area contributed by atoms with Crippen molar-refractivity contribution in [3.63, 3.8) is 0 Å². The van der Waals surface area contributed by atoms with Crippen LogP contribution >= 0.6 is 7.91 Å². The third-order valence-corrected chi connectivity index (χ3v) is 1.41. The Labute approximate surface area is 70.1 Å². The summed E-state index contributed by atoms with van der Waals surface area (Å²) in [5.74, 6) is 0. The average molecular weight is 202 g/mol. The molecule has 0 aromatic heterocycles. The van der Waals surface area contributed by atoms with Gasteiger partial charge in [-0.3, -0.25) is 9.42 Å². The van der Waals surface area contributed by atoms with E-state index in [4.69, 9.17) is 9.63 Å². The molecule has 0 aliphatic rings. The van der Waals surface area contributed by atoms with Gasteiger partial charge in [-0.15, -0.1) is 4.20 Å². The molecule has 0 amide bonds. The number of hydrogen-bond acceptors (Lipinski definition) is 4. The molecule has 0 aliphatic carbocycles. The molecule has 74 valence electrons. The minimum Gasteiger partial charge on any atom is -0.382 e. The molecule has 1 N–H and O–H groups in total. The fourth-order valence-electron chi connectivity index (χ4n) is 0.453. The highest BCUT2D eigenvalue weighted by Gasteiger charge is 2.15. The normalized spacial score (nSPS) is 15.9. The minimum atomic E-state index is -4.83. The zero-order chi connectivity index (χ0) is 9.45. The van der Waals surface area contributed by atoms with E-state index in [1.54, 1.807) is 0 Å². The fraction of sp³-hybridized carbons (Fsp3) is 1.00. The highest BCUT2D eigenvalue weighted by molar-refractivity contribution is 7.46. The summed E-state index contributed by atoms with van der Waals surface area (Å²) in [5, 5.41) is 0. The molecular formula is C5H12FO5P. The number of rotatable bonds is 7. The summed E-state index contributed by atoms with van der Waals surface area (Å²) in [6, 6.07) is 0. The molecule has 0 aromatic rings. The highest BCUT2D eigenvalue weighted by atomic mass is 31.2. The summed E-state index contributed by atoms with van der Waals surface area (Å²) in [6.07, 6.45) is 0. The van der Waals surface area contributed by atoms with Gasteiger partial charge in [-0.05, 0) is 0 Å². The quantitative estimate of drug-likeness (QED) is 0.487. The van der Waals surface area contributed by atoms with Crippen molar-refractivity contribution in [2.45, 2.75) is 0 Å². The molecule has 7 heteroatoms. The maximum Gasteiger partial charge on any atom is 0.510 e. The van der Waals surface area contributed by atoms with Crippen LogP contribution in [0.4, 0.5) is 4.20 Å². The maximum absolute atomic E-state index is 11.8. The lowest BCUT2D eigenvalue weighted by atomic mass is 10.7. The Kier molecular flexibility index (Phi) is 6.51. The molecule has 0 spiro atoms. The Bertz CT molecular complexity index is 147. The van der Waals surface area contributed by atoms with Gasteiger partial charge in [0.05, 0.1) is 26.4 Å². The van der Waals surface area contributed by atoms with Crippen molar-refractivity contribution in [2.24, 2.45) is 0 Å². The molecule has 0 aromatic carbocycles. The summed E-state index contributed by atoms with van der Waals surface area (Å²) in [7, 11) is -3.32. The van der Waals surface area contributed by atoms with Gasteiger partial charge in [0.15, 0.2) is 0 Å². The van der Waals surface area contributed by atoms with Gasteiger partial charge in [0.2, 0.25) is 0 Å². The Morgan fingerprint density at radius 3 is 2.42 bits per heavy atom. The number of ether oxygens (including phenoxy) is 2. The lowest BCUT2D eigenvalue weighted by Crippen LogP contribution is -2.06. The van der Waals surface area contributed by atoms with Crippen LogP contribution in [0.25, 0.3) is 0 Å². The second kappa shape index (κ2) is 6.51. The van der Waals surface area contributed by atoms with Crippen molar-refractivity contribution >= 4 is 7.91 Å². The zero-order valence-electron chi connectivity index (χ0n) is 6.73. The summed E-state index contributed by atoms with van der Waals surface area (Å²) >= 11 is 0. The van der Waals surface area contributed by atoms with Crippen molar-refractivity contribution in [3.05, 3.63) is 0 Å². The predicted octanol–water partition coefficient (Wildman–Crippen LogP) is 0.736. The summed E-state index contributed by atoms with van der Waals surface area (Å²) < 4.78 is 35.0. The van der Waals surface area contributed by atoms with Gasteiger partial charge in [0.25, 0.3) is 0 Å². The van der Waals surface area contributed by atoms with E-state index in [0.717, 1.165) is 0 Å². The molecule has 0 fully saturated rings. The maximum atomic E-state index is 11.8. The van der Waals surface area contributed by atoms with Crippen LogP contribution in [0, 0.1) is 0 Å². The summed E-state index contributed by atoms with van der Waals surface area (Å²) in [5.41, 5.74) is 0. The molecule has 0 aliphatic heterocycles. The van der Waals surface area contributed by atoms with E-state index in [2.05, 4.69) is 9.26 Å². The monoisotopic (exact) mass is 202 g/mol. The molecular weight excluding hydrogens is 190 g/mol. The van der Waals surface area contributed by atoms with Crippen molar-refractivity contribution in [3.8, 4) is 0 Å². The van der Waals surface area contributed by atoms with Gasteiger partial charge in [-0.2, -0.15) is 0 Å². The average Bonchev–Trinajstić information content (AvgIpc) is 1.94. The van der Waals surface area contributed by atoms with Crippen LogP contribution < -0.4 is 0 Å². The van der Waals surface area contributed by atoms with Gasteiger partial charge < -0.3 is 9.47 Å². The Hall–Kier alpha value is -0.0000000000000000278. The first-order chi connectivity index (χ1) is 5.56. The molecule has 1 atom stereocenters. The number of methoxy groups -OCH3 is 1. The van der Waals surface area contributed by atoms with Crippen LogP contribution in [0.2, 0.25) is 0 Å². The van der Waals surface area contributed by atoms with E-state index in [1.165, 1.54) is 7.11 Å². The van der Waals surface area contributed by atoms with Crippen molar-refractivity contribution in [1.82, 2.24) is 0 Å². The van der Waals surface area contributed by atoms with E-state index in [9.17, 15) is 8.76 Å². The van der Waals surface area contributed by atoms with E-state index in [1.807, 2.05) is 0 Å². The smallest absolute Gasteiger partial charge is 0.382 e. The molecule has 0 rings (SSSR count). The van der Waals surface area contributed by atoms with E-state index in [0.29, 0.717) is 13.2 Å². The third kappa shape index (κ3) is 10.0. The second-order valence-corrected chi connectivity index (χ2v) is 3.05. The number of hydrogen-bond donors (Lipinski definition) is 1. The third-order valence-electron chi connectivity index (χ3n) is 0.910. The first-order valence-electron chi connectivity index (χ1n) is 3.30. The Morgan fingerprint density at radius 2 is 1.92 bits per heavy atom. The topological polar surface area (TPSA) is 65.0 Å². The van der Waals surface area contributed by atoms with Gasteiger partial charge in [0, 0.05) is 7.11 Å². The molecule has 0 bridgehead atoms. The van der Waals surface area contributed by atoms with Crippen molar-refractivity contribution < 1.29 is 27.7 Å². The van der Waals surface area contributed by atoms with Crippen LogP contribution in [0.5, 0.6) is 0 Å². The summed E-state index contributed by atoms with van der Waals surface area (Å²) in [4.78, 5) is 8.01. The van der Waals surface area contributed by atoms with Crippen molar-refractivity contribution in [2.75, 3.05) is 33.5 Å². The summed E-state index contributed by atoms with van der Waals surface area (Å²) in [6.45, 7) is 0.597. The van der Waals surface area contributed by atoms with Crippen LogP contribution in [0.15, 0.2) is 0 Å². The molecule has 0 saturated heterocycles. The van der Waals surface area contributed by atoms with Crippen LogP contribution in [0.1, 0.15) is 0 Å². The minimum absolute atomic E-state index is 0.0673. The Morgan fingerprint density at radius 1 is 1.33 bits per heavy atom. The first kappa shape index (κ1) is 12.0. The second-order valence-electron chi connectivity index (χ2n) is 1.89. The van der Waals surface area contributed by atoms with Crippen molar-refractivity contribution in [1.29, 1.82) is 0 Å². The molecule has 1 unspecified atom stereocenters. The molecule has 5 nitrogen and oxygen atoms in total. The van der Waals surface area contributed by atoms with E-state index < -0.39 is 7.91 Å². The molecule has 12 heavy (non-hydrogen) atoms. The SMILES string of the molecule is COCCOCCOP(=O)(O)F.